The molecular formula is C12H16N4O5. The molecule has 0 aromatic carbocycles. The summed E-state index contributed by atoms with van der Waals surface area (Å²) >= 11 is 0. The molecule has 0 saturated carbocycles. The SMILES string of the molecule is C#C[C@]1(CO)O[C@@H](n2ccc(N)n/c2=N\O)[C@](C)(O)[C@@H]1O. The lowest BCUT2D eigenvalue weighted by atomic mass is 9.88. The van der Waals surface area contributed by atoms with Crippen LogP contribution in [0.2, 0.25) is 0 Å². The molecule has 2 heterocycles. The maximum atomic E-state index is 10.5. The summed E-state index contributed by atoms with van der Waals surface area (Å²) in [7, 11) is 0. The second kappa shape index (κ2) is 5.01. The third-order valence-electron chi connectivity index (χ3n) is 3.50. The lowest BCUT2D eigenvalue weighted by Gasteiger charge is -2.28. The van der Waals surface area contributed by atoms with Crippen LogP contribution in [-0.2, 0) is 4.74 Å². The highest BCUT2D eigenvalue weighted by Gasteiger charge is 2.61. The van der Waals surface area contributed by atoms with Crippen LogP contribution in [-0.4, -0.2) is 54.0 Å². The normalized spacial score (nSPS) is 36.6. The van der Waals surface area contributed by atoms with E-state index in [0.717, 1.165) is 4.57 Å². The highest BCUT2D eigenvalue weighted by molar-refractivity contribution is 5.25. The Morgan fingerprint density at radius 3 is 2.81 bits per heavy atom. The molecule has 1 aromatic heterocycles. The first-order chi connectivity index (χ1) is 9.82. The molecule has 0 aliphatic carbocycles. The summed E-state index contributed by atoms with van der Waals surface area (Å²) in [4.78, 5) is 3.76. The Morgan fingerprint density at radius 2 is 2.33 bits per heavy atom. The fraction of sp³-hybridized carbons (Fsp3) is 0.500. The van der Waals surface area contributed by atoms with Gasteiger partial charge in [-0.3, -0.25) is 4.57 Å². The predicted octanol–water partition coefficient (Wildman–Crippen LogP) is -2.24. The zero-order valence-electron chi connectivity index (χ0n) is 11.2. The minimum Gasteiger partial charge on any atom is -0.408 e. The van der Waals surface area contributed by atoms with Crippen molar-refractivity contribution in [2.24, 2.45) is 5.16 Å². The van der Waals surface area contributed by atoms with Gasteiger partial charge in [0.25, 0.3) is 5.62 Å². The van der Waals surface area contributed by atoms with Crippen molar-refractivity contribution in [1.29, 1.82) is 0 Å². The molecule has 0 unspecified atom stereocenters. The van der Waals surface area contributed by atoms with Crippen molar-refractivity contribution < 1.29 is 25.3 Å². The van der Waals surface area contributed by atoms with Gasteiger partial charge < -0.3 is 31.0 Å². The Kier molecular flexibility index (Phi) is 3.65. The first-order valence-corrected chi connectivity index (χ1v) is 6.02. The Balaban J connectivity index is 2.59. The second-order valence-corrected chi connectivity index (χ2v) is 4.95. The lowest BCUT2D eigenvalue weighted by molar-refractivity contribution is -0.108. The third-order valence-corrected chi connectivity index (χ3v) is 3.50. The van der Waals surface area contributed by atoms with Gasteiger partial charge in [0.15, 0.2) is 11.8 Å². The van der Waals surface area contributed by atoms with Gasteiger partial charge >= 0.3 is 0 Å². The smallest absolute Gasteiger partial charge is 0.270 e. The van der Waals surface area contributed by atoms with E-state index in [4.69, 9.17) is 22.1 Å². The molecule has 1 fully saturated rings. The molecule has 0 spiro atoms. The van der Waals surface area contributed by atoms with Crippen LogP contribution >= 0.6 is 0 Å². The number of aliphatic hydroxyl groups excluding tert-OH is 2. The summed E-state index contributed by atoms with van der Waals surface area (Å²) in [5, 5.41) is 42.0. The zero-order chi connectivity index (χ0) is 15.8. The van der Waals surface area contributed by atoms with Crippen molar-refractivity contribution in [2.75, 3.05) is 12.3 Å². The van der Waals surface area contributed by atoms with Gasteiger partial charge in [0.1, 0.15) is 17.5 Å². The topological polar surface area (TPSA) is 146 Å². The molecular weight excluding hydrogens is 280 g/mol. The summed E-state index contributed by atoms with van der Waals surface area (Å²) in [5.41, 5.74) is 1.58. The molecule has 2 rings (SSSR count). The third kappa shape index (κ3) is 2.14. The molecule has 0 amide bonds. The number of hydrogen-bond donors (Lipinski definition) is 5. The summed E-state index contributed by atoms with van der Waals surface area (Å²) in [6.07, 6.45) is 3.85. The number of terminal acetylenes is 1. The van der Waals surface area contributed by atoms with Gasteiger partial charge in [0.2, 0.25) is 0 Å². The predicted molar refractivity (Wildman–Crippen MR) is 69.4 cm³/mol. The number of nitrogen functional groups attached to an aromatic ring is 1. The standard InChI is InChI=1S/C12H16N4O5/c1-3-12(6-17)8(18)11(2,19)9(21-12)16-5-4-7(13)14-10(16)15-20/h1,4-5,8-9,17-20H,6H2,2H3,(H2,13,14,15)/t8-,9+,11+,12+/m0/s1. The van der Waals surface area contributed by atoms with E-state index in [1.807, 2.05) is 0 Å². The van der Waals surface area contributed by atoms with Crippen LogP contribution in [0.25, 0.3) is 0 Å². The molecule has 9 nitrogen and oxygen atoms in total. The van der Waals surface area contributed by atoms with Gasteiger partial charge in [-0.25, -0.2) is 0 Å². The Hall–Kier alpha value is -2.12. The van der Waals surface area contributed by atoms with E-state index < -0.39 is 30.1 Å². The average molecular weight is 296 g/mol. The van der Waals surface area contributed by atoms with Crippen LogP contribution in [0, 0.1) is 12.3 Å². The molecule has 1 saturated heterocycles. The Labute approximate surface area is 119 Å². The van der Waals surface area contributed by atoms with Crippen molar-refractivity contribution in [3.8, 4) is 12.3 Å². The maximum Gasteiger partial charge on any atom is 0.270 e. The molecule has 9 heteroatoms. The number of aromatic nitrogens is 2. The van der Waals surface area contributed by atoms with E-state index in [-0.39, 0.29) is 11.4 Å². The van der Waals surface area contributed by atoms with Crippen LogP contribution in [0.3, 0.4) is 0 Å². The molecule has 0 radical (unpaired) electrons. The van der Waals surface area contributed by atoms with Crippen LogP contribution < -0.4 is 11.4 Å². The summed E-state index contributed by atoms with van der Waals surface area (Å²) in [5.74, 6) is 2.23. The first kappa shape index (κ1) is 15.3. The summed E-state index contributed by atoms with van der Waals surface area (Å²) in [6, 6.07) is 1.38. The average Bonchev–Trinajstić information content (AvgIpc) is 2.68. The van der Waals surface area contributed by atoms with E-state index in [1.54, 1.807) is 0 Å². The minimum atomic E-state index is -1.86. The van der Waals surface area contributed by atoms with E-state index in [1.165, 1.54) is 19.2 Å². The maximum absolute atomic E-state index is 10.5. The zero-order valence-corrected chi connectivity index (χ0v) is 11.2. The van der Waals surface area contributed by atoms with Gasteiger partial charge in [-0.2, -0.15) is 4.98 Å². The van der Waals surface area contributed by atoms with Gasteiger partial charge in [0.05, 0.1) is 6.61 Å². The number of nitrogens with zero attached hydrogens (tertiary/aromatic N) is 3. The monoisotopic (exact) mass is 296 g/mol. The highest BCUT2D eigenvalue weighted by atomic mass is 16.6. The van der Waals surface area contributed by atoms with E-state index in [0.29, 0.717) is 0 Å². The summed E-state index contributed by atoms with van der Waals surface area (Å²) < 4.78 is 6.62. The van der Waals surface area contributed by atoms with Crippen molar-refractivity contribution in [3.05, 3.63) is 17.9 Å². The lowest BCUT2D eigenvalue weighted by Crippen LogP contribution is -2.51. The van der Waals surface area contributed by atoms with Crippen molar-refractivity contribution in [3.63, 3.8) is 0 Å². The molecule has 1 aliphatic rings. The number of ether oxygens (including phenoxy) is 1. The Morgan fingerprint density at radius 1 is 1.67 bits per heavy atom. The molecule has 114 valence electrons. The van der Waals surface area contributed by atoms with E-state index in [2.05, 4.69) is 16.1 Å². The Bertz CT molecular complexity index is 650. The van der Waals surface area contributed by atoms with Crippen molar-refractivity contribution >= 4 is 5.82 Å². The van der Waals surface area contributed by atoms with Crippen LogP contribution in [0.15, 0.2) is 17.4 Å². The van der Waals surface area contributed by atoms with Crippen LogP contribution in [0.4, 0.5) is 5.82 Å². The number of anilines is 1. The van der Waals surface area contributed by atoms with Crippen LogP contribution in [0.1, 0.15) is 13.2 Å². The molecule has 6 N–H and O–H groups in total. The first-order valence-electron chi connectivity index (χ1n) is 6.02. The second-order valence-electron chi connectivity index (χ2n) is 4.95. The quantitative estimate of drug-likeness (QED) is 0.235. The van der Waals surface area contributed by atoms with Gasteiger partial charge in [-0.05, 0) is 18.1 Å². The molecule has 21 heavy (non-hydrogen) atoms. The van der Waals surface area contributed by atoms with Crippen molar-refractivity contribution in [1.82, 2.24) is 9.55 Å². The minimum absolute atomic E-state index is 0.0857. The van der Waals surface area contributed by atoms with E-state index >= 15 is 0 Å². The molecule has 1 aliphatic heterocycles. The number of aliphatic hydroxyl groups is 3. The number of nitrogens with two attached hydrogens (primary N) is 1. The summed E-state index contributed by atoms with van der Waals surface area (Å²) in [6.45, 7) is 0.577. The van der Waals surface area contributed by atoms with Gasteiger partial charge in [-0.1, -0.05) is 5.92 Å². The van der Waals surface area contributed by atoms with Crippen molar-refractivity contribution in [2.45, 2.75) is 30.5 Å². The fourth-order valence-corrected chi connectivity index (χ4v) is 2.30. The van der Waals surface area contributed by atoms with Crippen LogP contribution in [0.5, 0.6) is 0 Å². The number of hydrogen-bond acceptors (Lipinski definition) is 8. The molecule has 1 aromatic rings. The van der Waals surface area contributed by atoms with E-state index in [9.17, 15) is 15.3 Å². The molecule has 4 atom stereocenters. The van der Waals surface area contributed by atoms with Gasteiger partial charge in [0, 0.05) is 6.20 Å². The molecule has 0 bridgehead atoms. The fourth-order valence-electron chi connectivity index (χ4n) is 2.30. The number of rotatable bonds is 2. The largest absolute Gasteiger partial charge is 0.408 e. The van der Waals surface area contributed by atoms with Gasteiger partial charge in [-0.15, -0.1) is 6.42 Å². The highest BCUT2D eigenvalue weighted by Crippen LogP contribution is 2.43.